The van der Waals surface area contributed by atoms with Crippen molar-refractivity contribution in [3.63, 3.8) is 0 Å². The molecule has 0 unspecified atom stereocenters. The standard InChI is InChI=1S/C14H13N3O.C9H17N.C6H12O.C2H6/c18-9-15-11-6-2-1-5-10(11)14-16-12-7-3-4-8-13(12)17-14;1-3-9(2)8-10-6-4-5-7-10;1-4-5-6(2)7-3;1-2/h1-8,15,18H,9H2,(H,16,17);3H,4-8H2,1-2H3;5H,4H2,1-3H3;1-2H3/b;9-3+;6-5+;. The molecule has 204 valence electrons. The number of rotatable bonds is 7. The second kappa shape index (κ2) is 19.1. The molecule has 1 fully saturated rings. The van der Waals surface area contributed by atoms with Gasteiger partial charge in [-0.05, 0) is 83.5 Å². The number of ether oxygens (including phenoxy) is 1. The van der Waals surface area contributed by atoms with Crippen LogP contribution in [0.3, 0.4) is 0 Å². The smallest absolute Gasteiger partial charge is 0.140 e. The fourth-order valence-corrected chi connectivity index (χ4v) is 3.76. The van der Waals surface area contributed by atoms with Crippen molar-refractivity contribution in [1.82, 2.24) is 14.9 Å². The van der Waals surface area contributed by atoms with E-state index in [1.54, 1.807) is 7.11 Å². The Labute approximate surface area is 224 Å². The molecular weight excluding hydrogens is 460 g/mol. The van der Waals surface area contributed by atoms with E-state index in [2.05, 4.69) is 47.0 Å². The molecule has 3 N–H and O–H groups in total. The summed E-state index contributed by atoms with van der Waals surface area (Å²) in [4.78, 5) is 10.3. The average Bonchev–Trinajstić information content (AvgIpc) is 3.61. The minimum atomic E-state index is -0.1000. The third-order valence-electron chi connectivity index (χ3n) is 5.82. The predicted octanol–water partition coefficient (Wildman–Crippen LogP) is 7.61. The van der Waals surface area contributed by atoms with Gasteiger partial charge in [-0.3, -0.25) is 4.90 Å². The zero-order valence-corrected chi connectivity index (χ0v) is 24.0. The maximum absolute atomic E-state index is 8.99. The van der Waals surface area contributed by atoms with E-state index in [1.165, 1.54) is 38.0 Å². The molecule has 3 aromatic rings. The lowest BCUT2D eigenvalue weighted by molar-refractivity contribution is 0.292. The molecule has 2 aromatic carbocycles. The van der Waals surface area contributed by atoms with Gasteiger partial charge in [-0.25, -0.2) is 4.98 Å². The van der Waals surface area contributed by atoms with Gasteiger partial charge in [-0.15, -0.1) is 0 Å². The van der Waals surface area contributed by atoms with Crippen molar-refractivity contribution >= 4 is 16.7 Å². The molecule has 1 aliphatic rings. The lowest BCUT2D eigenvalue weighted by Crippen LogP contribution is -2.20. The Balaban J connectivity index is 0.000000306. The maximum Gasteiger partial charge on any atom is 0.140 e. The third kappa shape index (κ3) is 11.7. The molecule has 1 saturated heterocycles. The van der Waals surface area contributed by atoms with Gasteiger partial charge in [-0.1, -0.05) is 56.7 Å². The number of imidazole rings is 1. The first-order valence-corrected chi connectivity index (χ1v) is 13.5. The van der Waals surface area contributed by atoms with Crippen molar-refractivity contribution in [2.45, 2.75) is 60.8 Å². The second-order valence-electron chi connectivity index (χ2n) is 8.53. The van der Waals surface area contributed by atoms with Crippen LogP contribution < -0.4 is 5.32 Å². The normalized spacial score (nSPS) is 13.5. The number of hydrogen-bond donors (Lipinski definition) is 3. The molecule has 6 nitrogen and oxygen atoms in total. The van der Waals surface area contributed by atoms with Crippen LogP contribution in [-0.4, -0.2) is 53.4 Å². The van der Waals surface area contributed by atoms with Gasteiger partial charge in [0.25, 0.3) is 0 Å². The van der Waals surface area contributed by atoms with Crippen LogP contribution in [0.4, 0.5) is 5.69 Å². The number of benzene rings is 2. The van der Waals surface area contributed by atoms with Gasteiger partial charge in [0, 0.05) is 17.8 Å². The van der Waals surface area contributed by atoms with Crippen molar-refractivity contribution < 1.29 is 9.84 Å². The number of hydrogen-bond acceptors (Lipinski definition) is 5. The van der Waals surface area contributed by atoms with E-state index in [9.17, 15) is 0 Å². The minimum absolute atomic E-state index is 0.1000. The van der Waals surface area contributed by atoms with Crippen molar-refractivity contribution in [2.75, 3.05) is 38.8 Å². The number of para-hydroxylation sites is 3. The van der Waals surface area contributed by atoms with Crippen LogP contribution in [0, 0.1) is 0 Å². The largest absolute Gasteiger partial charge is 0.502 e. The number of nitrogens with zero attached hydrogens (tertiary/aromatic N) is 2. The molecule has 0 atom stereocenters. The fraction of sp³-hybridized carbons (Fsp3) is 0.452. The molecule has 0 saturated carbocycles. The highest BCUT2D eigenvalue weighted by molar-refractivity contribution is 5.82. The highest BCUT2D eigenvalue weighted by Gasteiger charge is 2.10. The fourth-order valence-electron chi connectivity index (χ4n) is 3.76. The van der Waals surface area contributed by atoms with E-state index in [0.29, 0.717) is 0 Å². The predicted molar refractivity (Wildman–Crippen MR) is 160 cm³/mol. The van der Waals surface area contributed by atoms with E-state index in [-0.39, 0.29) is 6.73 Å². The van der Waals surface area contributed by atoms with Gasteiger partial charge < -0.3 is 20.1 Å². The molecule has 2 heterocycles. The highest BCUT2D eigenvalue weighted by atomic mass is 16.5. The molecule has 37 heavy (non-hydrogen) atoms. The summed E-state index contributed by atoms with van der Waals surface area (Å²) in [5.41, 5.74) is 5.25. The maximum atomic E-state index is 8.99. The molecule has 0 radical (unpaired) electrons. The van der Waals surface area contributed by atoms with E-state index in [4.69, 9.17) is 9.84 Å². The van der Waals surface area contributed by atoms with Crippen molar-refractivity contribution in [3.05, 3.63) is 72.0 Å². The molecular formula is C31H48N4O2. The lowest BCUT2D eigenvalue weighted by atomic mass is 10.1. The minimum Gasteiger partial charge on any atom is -0.502 e. The number of methoxy groups -OCH3 is 1. The zero-order valence-electron chi connectivity index (χ0n) is 24.0. The van der Waals surface area contributed by atoms with Gasteiger partial charge in [-0.2, -0.15) is 0 Å². The summed E-state index contributed by atoms with van der Waals surface area (Å²) in [7, 11) is 1.68. The van der Waals surface area contributed by atoms with Crippen molar-refractivity contribution in [1.29, 1.82) is 0 Å². The van der Waals surface area contributed by atoms with E-state index in [1.807, 2.05) is 75.4 Å². The van der Waals surface area contributed by atoms with Crippen LogP contribution in [-0.2, 0) is 4.74 Å². The summed E-state index contributed by atoms with van der Waals surface area (Å²) in [6.45, 7) is 16.1. The van der Waals surface area contributed by atoms with Crippen LogP contribution in [0.25, 0.3) is 22.4 Å². The van der Waals surface area contributed by atoms with Gasteiger partial charge in [0.15, 0.2) is 0 Å². The first-order valence-electron chi connectivity index (χ1n) is 13.5. The number of nitrogens with one attached hydrogen (secondary N) is 2. The number of aliphatic hydroxyl groups excluding tert-OH is 1. The molecule has 1 aromatic heterocycles. The Morgan fingerprint density at radius 2 is 1.73 bits per heavy atom. The number of likely N-dealkylation sites (tertiary alicyclic amines) is 1. The average molecular weight is 509 g/mol. The van der Waals surface area contributed by atoms with Crippen LogP contribution in [0.2, 0.25) is 0 Å². The van der Waals surface area contributed by atoms with Gasteiger partial charge in [0.2, 0.25) is 0 Å². The SMILES string of the molecule is C/C=C(\C)CN1CCCC1.CC.CC/C=C(\C)OC.OCNc1ccccc1-c1nc2ccccc2[nH]1. The molecule has 0 amide bonds. The number of fused-ring (bicyclic) bond motifs is 1. The number of anilines is 1. The van der Waals surface area contributed by atoms with Gasteiger partial charge >= 0.3 is 0 Å². The summed E-state index contributed by atoms with van der Waals surface area (Å²) in [5.74, 6) is 1.80. The number of allylic oxidation sites excluding steroid dienone is 3. The molecule has 6 heteroatoms. The molecule has 0 aliphatic carbocycles. The monoisotopic (exact) mass is 508 g/mol. The van der Waals surface area contributed by atoms with Gasteiger partial charge in [0.05, 0.1) is 23.9 Å². The Morgan fingerprint density at radius 1 is 1.08 bits per heavy atom. The van der Waals surface area contributed by atoms with Crippen molar-refractivity contribution in [3.8, 4) is 11.4 Å². The first kappa shape index (κ1) is 31.9. The molecule has 4 rings (SSSR count). The zero-order chi connectivity index (χ0) is 27.5. The number of H-pyrrole nitrogens is 1. The van der Waals surface area contributed by atoms with Crippen LogP contribution in [0.15, 0.2) is 72.0 Å². The summed E-state index contributed by atoms with van der Waals surface area (Å²) < 4.78 is 4.85. The van der Waals surface area contributed by atoms with Gasteiger partial charge in [0.1, 0.15) is 12.6 Å². The Bertz CT molecular complexity index is 1030. The molecule has 0 bridgehead atoms. The van der Waals surface area contributed by atoms with Crippen LogP contribution >= 0.6 is 0 Å². The van der Waals surface area contributed by atoms with E-state index < -0.39 is 0 Å². The first-order chi connectivity index (χ1) is 18.0. The second-order valence-corrected chi connectivity index (χ2v) is 8.53. The highest BCUT2D eigenvalue weighted by Crippen LogP contribution is 2.27. The Morgan fingerprint density at radius 3 is 2.30 bits per heavy atom. The summed E-state index contributed by atoms with van der Waals surface area (Å²) in [5, 5.41) is 11.9. The topological polar surface area (TPSA) is 73.4 Å². The van der Waals surface area contributed by atoms with Crippen LogP contribution in [0.5, 0.6) is 0 Å². The third-order valence-corrected chi connectivity index (χ3v) is 5.82. The summed E-state index contributed by atoms with van der Waals surface area (Å²) in [6, 6.07) is 15.7. The lowest BCUT2D eigenvalue weighted by Gasteiger charge is -2.13. The Hall–Kier alpha value is -3.09. The molecule has 1 aliphatic heterocycles. The number of aromatic nitrogens is 2. The summed E-state index contributed by atoms with van der Waals surface area (Å²) in [6.07, 6.45) is 8.10. The van der Waals surface area contributed by atoms with Crippen molar-refractivity contribution in [2.24, 2.45) is 0 Å². The quantitative estimate of drug-likeness (QED) is 0.174. The van der Waals surface area contributed by atoms with E-state index in [0.717, 1.165) is 40.3 Å². The number of aromatic amines is 1. The number of aliphatic hydroxyl groups is 1. The van der Waals surface area contributed by atoms with Crippen LogP contribution in [0.1, 0.15) is 60.8 Å². The molecule has 0 spiro atoms. The van der Waals surface area contributed by atoms with E-state index >= 15 is 0 Å². The Kier molecular flexibility index (Phi) is 16.5. The summed E-state index contributed by atoms with van der Waals surface area (Å²) >= 11 is 0.